The van der Waals surface area contributed by atoms with Crippen molar-refractivity contribution in [3.8, 4) is 5.69 Å². The smallest absolute Gasteiger partial charge is 0.191 e. The molecular weight excluding hydrogens is 370 g/mol. The lowest BCUT2D eigenvalue weighted by Crippen LogP contribution is -2.46. The van der Waals surface area contributed by atoms with Crippen LogP contribution in [0.25, 0.3) is 5.69 Å². The lowest BCUT2D eigenvalue weighted by Gasteiger charge is -2.30. The summed E-state index contributed by atoms with van der Waals surface area (Å²) in [7, 11) is -0.715. The van der Waals surface area contributed by atoms with Crippen LogP contribution in [0.4, 0.5) is 0 Å². The molecule has 0 amide bonds. The number of para-hydroxylation sites is 1. The molecule has 7 heteroatoms. The number of hydrogen-bond acceptors (Lipinski definition) is 3. The molecule has 152 valence electrons. The van der Waals surface area contributed by atoms with Gasteiger partial charge in [-0.05, 0) is 37.8 Å². The molecule has 0 saturated heterocycles. The second-order valence-electron chi connectivity index (χ2n) is 7.09. The van der Waals surface area contributed by atoms with E-state index in [1.54, 1.807) is 6.20 Å². The Morgan fingerprint density at radius 3 is 2.93 bits per heavy atom. The van der Waals surface area contributed by atoms with Gasteiger partial charge in [0.25, 0.3) is 0 Å². The third kappa shape index (κ3) is 5.44. The number of hydrogen-bond donors (Lipinski definition) is 2. The molecule has 0 spiro atoms. The molecule has 1 heterocycles. The van der Waals surface area contributed by atoms with E-state index in [2.05, 4.69) is 34.7 Å². The summed E-state index contributed by atoms with van der Waals surface area (Å²) in [6, 6.07) is 8.58. The molecule has 28 heavy (non-hydrogen) atoms. The molecule has 1 aromatic carbocycles. The Balaban J connectivity index is 1.69. The van der Waals surface area contributed by atoms with Gasteiger partial charge in [-0.2, -0.15) is 0 Å². The van der Waals surface area contributed by atoms with Crippen molar-refractivity contribution in [3.05, 3.63) is 48.5 Å². The Labute approximate surface area is 170 Å². The Kier molecular flexibility index (Phi) is 7.65. The highest BCUT2D eigenvalue weighted by Gasteiger charge is 2.26. The number of guanidine groups is 1. The number of nitrogens with one attached hydrogen (secondary N) is 2. The van der Waals surface area contributed by atoms with Crippen molar-refractivity contribution >= 4 is 16.8 Å². The summed E-state index contributed by atoms with van der Waals surface area (Å²) in [5.41, 5.74) is 2.24. The highest BCUT2D eigenvalue weighted by atomic mass is 32.2. The van der Waals surface area contributed by atoms with Gasteiger partial charge in [0.2, 0.25) is 0 Å². The standard InChI is InChI=1S/C21H31N5OS/c1-3-23-21(25-18-9-7-10-19(14-18)28(27)4-2)24-15-17-8-5-6-11-20(17)26-13-12-22-16-26/h5-6,8,11-13,16,18-19H,3-4,7,9-10,14-15H2,1-2H3,(H2,23,24,25). The van der Waals surface area contributed by atoms with Crippen molar-refractivity contribution in [1.29, 1.82) is 0 Å². The van der Waals surface area contributed by atoms with Gasteiger partial charge in [-0.25, -0.2) is 9.98 Å². The van der Waals surface area contributed by atoms with Crippen molar-refractivity contribution in [1.82, 2.24) is 20.2 Å². The van der Waals surface area contributed by atoms with Gasteiger partial charge in [0.1, 0.15) is 0 Å². The van der Waals surface area contributed by atoms with Crippen molar-refractivity contribution in [2.75, 3.05) is 12.3 Å². The predicted octanol–water partition coefficient (Wildman–Crippen LogP) is 3.01. The molecule has 2 aromatic rings. The third-order valence-corrected chi connectivity index (χ3v) is 6.89. The quantitative estimate of drug-likeness (QED) is 0.553. The number of nitrogens with zero attached hydrogens (tertiary/aromatic N) is 3. The Morgan fingerprint density at radius 2 is 2.18 bits per heavy atom. The van der Waals surface area contributed by atoms with Crippen molar-refractivity contribution in [2.24, 2.45) is 4.99 Å². The molecular formula is C21H31N5OS. The number of aromatic nitrogens is 2. The minimum Gasteiger partial charge on any atom is -0.357 e. The highest BCUT2D eigenvalue weighted by Crippen LogP contribution is 2.23. The average molecular weight is 402 g/mol. The summed E-state index contributed by atoms with van der Waals surface area (Å²) in [5, 5.41) is 7.24. The van der Waals surface area contributed by atoms with E-state index >= 15 is 0 Å². The first kappa shape index (κ1) is 20.6. The maximum atomic E-state index is 12.2. The van der Waals surface area contributed by atoms with Gasteiger partial charge in [-0.3, -0.25) is 4.21 Å². The summed E-state index contributed by atoms with van der Waals surface area (Å²) in [6.45, 7) is 5.48. The molecule has 1 aromatic heterocycles. The van der Waals surface area contributed by atoms with E-state index in [-0.39, 0.29) is 0 Å². The van der Waals surface area contributed by atoms with Crippen LogP contribution in [0.2, 0.25) is 0 Å². The fraction of sp³-hybridized carbons (Fsp3) is 0.524. The molecule has 2 N–H and O–H groups in total. The van der Waals surface area contributed by atoms with E-state index in [0.717, 1.165) is 55.2 Å². The van der Waals surface area contributed by atoms with Crippen LogP contribution >= 0.6 is 0 Å². The molecule has 0 aliphatic heterocycles. The maximum Gasteiger partial charge on any atom is 0.191 e. The maximum absolute atomic E-state index is 12.2. The highest BCUT2D eigenvalue weighted by molar-refractivity contribution is 7.85. The molecule has 6 nitrogen and oxygen atoms in total. The first-order valence-electron chi connectivity index (χ1n) is 10.2. The molecule has 1 fully saturated rings. The summed E-state index contributed by atoms with van der Waals surface area (Å²) < 4.78 is 14.2. The second kappa shape index (κ2) is 10.4. The fourth-order valence-corrected chi connectivity index (χ4v) is 5.07. The zero-order chi connectivity index (χ0) is 19.8. The number of imidazole rings is 1. The predicted molar refractivity (Wildman–Crippen MR) is 116 cm³/mol. The fourth-order valence-electron chi connectivity index (χ4n) is 3.73. The van der Waals surface area contributed by atoms with E-state index < -0.39 is 10.8 Å². The van der Waals surface area contributed by atoms with Gasteiger partial charge in [-0.15, -0.1) is 0 Å². The SMILES string of the molecule is CCNC(=NCc1ccccc1-n1ccnc1)NC1CCCC(S(=O)CC)C1. The second-order valence-corrected chi connectivity index (χ2v) is 9.10. The Bertz CT molecular complexity index is 790. The first-order valence-corrected chi connectivity index (χ1v) is 11.6. The molecule has 1 aliphatic rings. The molecule has 3 unspecified atom stereocenters. The van der Waals surface area contributed by atoms with Gasteiger partial charge >= 0.3 is 0 Å². The number of rotatable bonds is 7. The van der Waals surface area contributed by atoms with Gasteiger partial charge in [0, 0.05) is 46.8 Å². The van der Waals surface area contributed by atoms with E-state index in [1.807, 2.05) is 36.1 Å². The lowest BCUT2D eigenvalue weighted by atomic mass is 9.95. The van der Waals surface area contributed by atoms with Gasteiger partial charge < -0.3 is 15.2 Å². The van der Waals surface area contributed by atoms with Crippen LogP contribution in [-0.4, -0.2) is 43.3 Å². The number of aliphatic imine (C=N–C) groups is 1. The minimum absolute atomic E-state index is 0.307. The molecule has 3 rings (SSSR count). The normalized spacial score (nSPS) is 21.3. The number of benzene rings is 1. The van der Waals surface area contributed by atoms with Crippen LogP contribution in [0, 0.1) is 0 Å². The Hall–Kier alpha value is -2.15. The van der Waals surface area contributed by atoms with Gasteiger partial charge in [-0.1, -0.05) is 31.5 Å². The molecule has 1 saturated carbocycles. The molecule has 0 bridgehead atoms. The topological polar surface area (TPSA) is 71.3 Å². The van der Waals surface area contributed by atoms with Crippen LogP contribution in [0.3, 0.4) is 0 Å². The summed E-state index contributed by atoms with van der Waals surface area (Å²) in [5.74, 6) is 1.58. The van der Waals surface area contributed by atoms with Gasteiger partial charge in [0.15, 0.2) is 5.96 Å². The van der Waals surface area contributed by atoms with Crippen LogP contribution in [0.5, 0.6) is 0 Å². The summed E-state index contributed by atoms with van der Waals surface area (Å²) in [6.07, 6.45) is 9.79. The zero-order valence-electron chi connectivity index (χ0n) is 16.8. The zero-order valence-corrected chi connectivity index (χ0v) is 17.6. The van der Waals surface area contributed by atoms with Crippen molar-refractivity contribution in [2.45, 2.75) is 57.4 Å². The van der Waals surface area contributed by atoms with E-state index in [0.29, 0.717) is 17.8 Å². The van der Waals surface area contributed by atoms with Crippen LogP contribution in [0.1, 0.15) is 45.1 Å². The average Bonchev–Trinajstić information content (AvgIpc) is 3.27. The molecule has 1 aliphatic carbocycles. The van der Waals surface area contributed by atoms with Crippen molar-refractivity contribution in [3.63, 3.8) is 0 Å². The largest absolute Gasteiger partial charge is 0.357 e. The van der Waals surface area contributed by atoms with Crippen molar-refractivity contribution < 1.29 is 4.21 Å². The Morgan fingerprint density at radius 1 is 1.32 bits per heavy atom. The van der Waals surface area contributed by atoms with Gasteiger partial charge in [0.05, 0.1) is 18.6 Å². The van der Waals surface area contributed by atoms with Crippen LogP contribution in [-0.2, 0) is 17.3 Å². The minimum atomic E-state index is -0.715. The first-order chi connectivity index (χ1) is 13.7. The molecule has 3 atom stereocenters. The van der Waals surface area contributed by atoms with E-state index in [4.69, 9.17) is 4.99 Å². The van der Waals surface area contributed by atoms with E-state index in [1.165, 1.54) is 0 Å². The lowest BCUT2D eigenvalue weighted by molar-refractivity contribution is 0.413. The summed E-state index contributed by atoms with van der Waals surface area (Å²) >= 11 is 0. The molecule has 0 radical (unpaired) electrons. The summed E-state index contributed by atoms with van der Waals surface area (Å²) in [4.78, 5) is 8.97. The monoisotopic (exact) mass is 401 g/mol. The van der Waals surface area contributed by atoms with Crippen LogP contribution < -0.4 is 10.6 Å². The van der Waals surface area contributed by atoms with E-state index in [9.17, 15) is 4.21 Å². The third-order valence-electron chi connectivity index (χ3n) is 5.15. The van der Waals surface area contributed by atoms with Crippen LogP contribution in [0.15, 0.2) is 48.0 Å².